The lowest BCUT2D eigenvalue weighted by atomic mass is 10.0. The number of hydrogen-bond donors (Lipinski definition) is 3. The third-order valence-corrected chi connectivity index (χ3v) is 11.5. The summed E-state index contributed by atoms with van der Waals surface area (Å²) in [7, 11) is 0. The molecule has 60 heavy (non-hydrogen) atoms. The van der Waals surface area contributed by atoms with Gasteiger partial charge in [-0.2, -0.15) is 0 Å². The highest BCUT2D eigenvalue weighted by Crippen LogP contribution is 2.18. The molecular weight excluding hydrogens is 743 g/mol. The second-order valence-corrected chi connectivity index (χ2v) is 17.3. The quantitative estimate of drug-likeness (QED) is 0.0322. The molecule has 0 aliphatic heterocycles. The van der Waals surface area contributed by atoms with Gasteiger partial charge in [-0.1, -0.05) is 248 Å². The normalized spacial score (nSPS) is 13.8. The van der Waals surface area contributed by atoms with Crippen molar-refractivity contribution in [3.8, 4) is 0 Å². The molecule has 0 bridgehead atoms. The first-order valence-electron chi connectivity index (χ1n) is 25.6. The summed E-state index contributed by atoms with van der Waals surface area (Å²) in [5.74, 6) is -0.518. The van der Waals surface area contributed by atoms with Gasteiger partial charge in [0.05, 0.1) is 25.2 Å². The van der Waals surface area contributed by atoms with Gasteiger partial charge in [-0.25, -0.2) is 0 Å². The fourth-order valence-corrected chi connectivity index (χ4v) is 7.63. The van der Waals surface area contributed by atoms with E-state index in [9.17, 15) is 19.8 Å². The van der Waals surface area contributed by atoms with Crippen molar-refractivity contribution in [2.45, 2.75) is 264 Å². The molecule has 0 rings (SSSR count). The van der Waals surface area contributed by atoms with E-state index in [-0.39, 0.29) is 24.9 Å². The van der Waals surface area contributed by atoms with Gasteiger partial charge in [0.15, 0.2) is 0 Å². The van der Waals surface area contributed by atoms with Crippen LogP contribution < -0.4 is 5.32 Å². The molecule has 3 N–H and O–H groups in total. The van der Waals surface area contributed by atoms with Crippen LogP contribution in [0.1, 0.15) is 245 Å². The number of carbonyl (C=O) groups excluding carboxylic acids is 2. The standard InChI is InChI=1S/C54H97NO5/c1-4-7-10-13-16-19-21-23-25-26-28-29-31-34-36-39-42-45-50(48-53(58)55-51(49-56)52(57)46-43-40-37-33-18-15-12-9-6-3)60-54(59)47-44-41-38-35-32-30-27-24-22-20-17-14-11-8-5-2/h8,11,14,17,20,22,24,27,30,32,50-52,56-57H,4-7,9-10,12-13,15-16,18-19,21,23,25-26,28-29,31,33-49H2,1-3H3,(H,55,58)/b11-8+,17-14+,22-20-,27-24-,32-30+. The van der Waals surface area contributed by atoms with Crippen molar-refractivity contribution in [2.75, 3.05) is 6.61 Å². The predicted molar refractivity (Wildman–Crippen MR) is 259 cm³/mol. The lowest BCUT2D eigenvalue weighted by Gasteiger charge is -2.24. The number of aliphatic hydroxyl groups excluding tert-OH is 2. The first-order valence-corrected chi connectivity index (χ1v) is 25.6. The van der Waals surface area contributed by atoms with Gasteiger partial charge in [0, 0.05) is 6.42 Å². The molecule has 6 heteroatoms. The summed E-state index contributed by atoms with van der Waals surface area (Å²) in [6.07, 6.45) is 58.5. The highest BCUT2D eigenvalue weighted by Gasteiger charge is 2.24. The van der Waals surface area contributed by atoms with Crippen molar-refractivity contribution < 1.29 is 24.5 Å². The van der Waals surface area contributed by atoms with Gasteiger partial charge in [0.2, 0.25) is 5.91 Å². The maximum atomic E-state index is 13.2. The fourth-order valence-electron chi connectivity index (χ4n) is 7.63. The monoisotopic (exact) mass is 840 g/mol. The molecule has 0 spiro atoms. The van der Waals surface area contributed by atoms with Gasteiger partial charge in [0.25, 0.3) is 0 Å². The van der Waals surface area contributed by atoms with E-state index in [1.807, 2.05) is 36.5 Å². The molecule has 0 aromatic heterocycles. The minimum atomic E-state index is -0.794. The van der Waals surface area contributed by atoms with Gasteiger partial charge >= 0.3 is 5.97 Å². The van der Waals surface area contributed by atoms with E-state index in [4.69, 9.17) is 4.74 Å². The molecular formula is C54H97NO5. The van der Waals surface area contributed by atoms with Crippen molar-refractivity contribution in [3.05, 3.63) is 60.8 Å². The van der Waals surface area contributed by atoms with Crippen LogP contribution in [-0.2, 0) is 14.3 Å². The highest BCUT2D eigenvalue weighted by atomic mass is 16.5. The minimum Gasteiger partial charge on any atom is -0.462 e. The zero-order chi connectivity index (χ0) is 43.8. The fraction of sp³-hybridized carbons (Fsp3) is 0.778. The summed E-state index contributed by atoms with van der Waals surface area (Å²) >= 11 is 0. The van der Waals surface area contributed by atoms with E-state index in [1.165, 1.54) is 128 Å². The Morgan fingerprint density at radius 3 is 1.35 bits per heavy atom. The van der Waals surface area contributed by atoms with Crippen molar-refractivity contribution in [1.82, 2.24) is 5.32 Å². The molecule has 0 heterocycles. The summed E-state index contributed by atoms with van der Waals surface area (Å²) in [4.78, 5) is 26.1. The first kappa shape index (κ1) is 57.6. The van der Waals surface area contributed by atoms with Crippen LogP contribution in [0.25, 0.3) is 0 Å². The smallest absolute Gasteiger partial charge is 0.306 e. The van der Waals surface area contributed by atoms with Crippen LogP contribution in [-0.4, -0.2) is 46.9 Å². The zero-order valence-electron chi connectivity index (χ0n) is 39.6. The lowest BCUT2D eigenvalue weighted by molar-refractivity contribution is -0.151. The third-order valence-electron chi connectivity index (χ3n) is 11.5. The van der Waals surface area contributed by atoms with Crippen LogP contribution in [0.4, 0.5) is 0 Å². The number of ether oxygens (including phenoxy) is 1. The number of amides is 1. The Morgan fingerprint density at radius 2 is 0.900 bits per heavy atom. The van der Waals surface area contributed by atoms with Crippen molar-refractivity contribution >= 4 is 11.9 Å². The summed E-state index contributed by atoms with van der Waals surface area (Å²) < 4.78 is 5.92. The van der Waals surface area contributed by atoms with E-state index < -0.39 is 18.2 Å². The van der Waals surface area contributed by atoms with E-state index in [0.29, 0.717) is 19.3 Å². The zero-order valence-corrected chi connectivity index (χ0v) is 39.6. The second kappa shape index (κ2) is 47.6. The van der Waals surface area contributed by atoms with Crippen molar-refractivity contribution in [3.63, 3.8) is 0 Å². The number of carbonyl (C=O) groups is 2. The van der Waals surface area contributed by atoms with Crippen LogP contribution >= 0.6 is 0 Å². The number of hydrogen-bond acceptors (Lipinski definition) is 5. The van der Waals surface area contributed by atoms with Crippen LogP contribution in [0, 0.1) is 0 Å². The maximum Gasteiger partial charge on any atom is 0.306 e. The Balaban J connectivity index is 4.63. The highest BCUT2D eigenvalue weighted by molar-refractivity contribution is 5.77. The largest absolute Gasteiger partial charge is 0.462 e. The topological polar surface area (TPSA) is 95.9 Å². The molecule has 0 radical (unpaired) electrons. The van der Waals surface area contributed by atoms with Crippen LogP contribution in [0.5, 0.6) is 0 Å². The van der Waals surface area contributed by atoms with E-state index in [0.717, 1.165) is 70.6 Å². The maximum absolute atomic E-state index is 13.2. The van der Waals surface area contributed by atoms with Gasteiger partial charge < -0.3 is 20.3 Å². The number of rotatable bonds is 45. The number of aliphatic hydroxyl groups is 2. The molecule has 3 unspecified atom stereocenters. The summed E-state index contributed by atoms with van der Waals surface area (Å²) in [6, 6.07) is -0.709. The summed E-state index contributed by atoms with van der Waals surface area (Å²) in [5.41, 5.74) is 0. The molecule has 0 aliphatic carbocycles. The molecule has 0 saturated heterocycles. The molecule has 3 atom stereocenters. The number of allylic oxidation sites excluding steroid dienone is 10. The van der Waals surface area contributed by atoms with Crippen LogP contribution in [0.2, 0.25) is 0 Å². The Hall–Kier alpha value is -2.44. The van der Waals surface area contributed by atoms with Crippen LogP contribution in [0.15, 0.2) is 60.8 Å². The minimum absolute atomic E-state index is 0.0611. The molecule has 0 fully saturated rings. The Labute approximate surface area is 371 Å². The number of esters is 1. The van der Waals surface area contributed by atoms with E-state index in [1.54, 1.807) is 0 Å². The van der Waals surface area contributed by atoms with Gasteiger partial charge in [0.1, 0.15) is 6.10 Å². The van der Waals surface area contributed by atoms with Crippen molar-refractivity contribution in [1.29, 1.82) is 0 Å². The van der Waals surface area contributed by atoms with Crippen molar-refractivity contribution in [2.24, 2.45) is 0 Å². The van der Waals surface area contributed by atoms with E-state index in [2.05, 4.69) is 50.4 Å². The number of nitrogens with one attached hydrogen (secondary N) is 1. The first-order chi connectivity index (χ1) is 29.5. The molecule has 0 aromatic rings. The average Bonchev–Trinajstić information content (AvgIpc) is 3.24. The average molecular weight is 840 g/mol. The molecule has 0 aliphatic rings. The summed E-state index contributed by atoms with van der Waals surface area (Å²) in [6.45, 7) is 6.32. The molecule has 6 nitrogen and oxygen atoms in total. The van der Waals surface area contributed by atoms with Crippen LogP contribution in [0.3, 0.4) is 0 Å². The Bertz CT molecular complexity index is 1080. The lowest BCUT2D eigenvalue weighted by Crippen LogP contribution is -2.46. The van der Waals surface area contributed by atoms with Gasteiger partial charge in [-0.3, -0.25) is 9.59 Å². The molecule has 348 valence electrons. The third kappa shape index (κ3) is 42.3. The SMILES string of the molecule is CC/C=C/C=C/C=C\C=C/C=C/CCCCCC(=O)OC(CCCCCCCCCCCCCCCCCCC)CC(=O)NC(CO)C(O)CCCCCCCCCCC. The second-order valence-electron chi connectivity index (χ2n) is 17.3. The Morgan fingerprint density at radius 1 is 0.500 bits per heavy atom. The Kier molecular flexibility index (Phi) is 45.7. The molecule has 1 amide bonds. The van der Waals surface area contributed by atoms with Gasteiger partial charge in [-0.15, -0.1) is 0 Å². The predicted octanol–water partition coefficient (Wildman–Crippen LogP) is 15.2. The number of unbranched alkanes of at least 4 members (excludes halogenated alkanes) is 27. The molecule has 0 saturated carbocycles. The van der Waals surface area contributed by atoms with E-state index >= 15 is 0 Å². The molecule has 0 aromatic carbocycles. The van der Waals surface area contributed by atoms with Gasteiger partial charge in [-0.05, 0) is 44.9 Å². The summed E-state index contributed by atoms with van der Waals surface area (Å²) in [5, 5.41) is 23.7.